The minimum Gasteiger partial charge on any atom is -0.420 e. The van der Waals surface area contributed by atoms with Crippen LogP contribution in [0.15, 0.2) is 12.2 Å². The largest absolute Gasteiger partial charge is 0.420 e. The summed E-state index contributed by atoms with van der Waals surface area (Å²) < 4.78 is 37.3. The summed E-state index contributed by atoms with van der Waals surface area (Å²) in [6.45, 7) is -2.98. The van der Waals surface area contributed by atoms with E-state index >= 15 is 0 Å². The molecule has 0 amide bonds. The summed E-state index contributed by atoms with van der Waals surface area (Å²) in [4.78, 5) is 24.2. The maximum absolute atomic E-state index is 12.2. The topological polar surface area (TPSA) is 339 Å². The fourth-order valence-corrected chi connectivity index (χ4v) is 5.00. The van der Waals surface area contributed by atoms with Crippen molar-refractivity contribution in [2.24, 2.45) is 17.2 Å². The number of fused-ring (bicyclic) bond motifs is 1. The molecule has 20 heteroatoms. The summed E-state index contributed by atoms with van der Waals surface area (Å²) >= 11 is 0. The molecule has 0 aromatic heterocycles. The third-order valence-corrected chi connectivity index (χ3v) is 7.42. The van der Waals surface area contributed by atoms with E-state index in [-0.39, 0.29) is 0 Å². The van der Waals surface area contributed by atoms with E-state index in [1.54, 1.807) is 0 Å². The Bertz CT molecular complexity index is 1020. The van der Waals surface area contributed by atoms with E-state index in [0.717, 1.165) is 0 Å². The van der Waals surface area contributed by atoms with Crippen LogP contribution in [0.4, 0.5) is 0 Å². The highest BCUT2D eigenvalue weighted by Crippen LogP contribution is 2.42. The van der Waals surface area contributed by atoms with Crippen molar-refractivity contribution in [2.45, 2.75) is 91.3 Å². The van der Waals surface area contributed by atoms with Gasteiger partial charge in [0.15, 0.2) is 18.9 Å². The first-order chi connectivity index (χ1) is 19.7. The third-order valence-electron chi connectivity index (χ3n) is 7.42. The van der Waals surface area contributed by atoms with Gasteiger partial charge in [0.2, 0.25) is 0 Å². The van der Waals surface area contributed by atoms with E-state index in [1.165, 1.54) is 0 Å². The Balaban J connectivity index is 1.55. The zero-order valence-corrected chi connectivity index (χ0v) is 21.8. The molecule has 0 spiro atoms. The van der Waals surface area contributed by atoms with Gasteiger partial charge >= 0.3 is 23.5 Å². The van der Waals surface area contributed by atoms with Gasteiger partial charge in [0.1, 0.15) is 49.3 Å². The predicted molar refractivity (Wildman–Crippen MR) is 126 cm³/mol. The molecule has 240 valence electrons. The lowest BCUT2D eigenvalue weighted by Gasteiger charge is -2.53. The quantitative estimate of drug-likeness (QED) is 0.119. The molecule has 3 fully saturated rings. The number of aliphatic hydroxyl groups excluding tert-OH is 7. The standard InChI is InChI=1S/C22H35N3O17/c23-10-13(31)15(6(3-26)36-18(10)34)38-19-11(24)14(32)16(7(4-27)37-19)39-20-12(25)17(33)22(35)21(5-28,42-20)40-8(29)1-2-9(30)41-22/h1-2,6-7,10-20,26-28,31-35H,3-5,23-25H2/b2-1-/t6-,7-,10-,11-,12-,13-,14-,15?,16?,17-,18-,19+,20+,21+,22+/m1/s1. The monoisotopic (exact) mass is 613 g/mol. The Kier molecular flexibility index (Phi) is 9.86. The lowest BCUT2D eigenvalue weighted by molar-refractivity contribution is -0.466. The molecule has 4 aliphatic rings. The minimum atomic E-state index is -3.23. The van der Waals surface area contributed by atoms with Crippen molar-refractivity contribution >= 4 is 11.9 Å². The molecule has 4 aliphatic heterocycles. The SMILES string of the molecule is N[C@H]1[C@@H](OC2[C@@H](CO)O[C@@H](OC3[C@@H](CO)O[C@@H](O)[C@H](N)[C@H]3O)[C@H](N)[C@H]2O)O[C@]2(CO)OC(=O)/C=C\C(=O)O[C@@]2(O)[C@@H]1O. The van der Waals surface area contributed by atoms with Crippen LogP contribution in [0.1, 0.15) is 0 Å². The van der Waals surface area contributed by atoms with Gasteiger partial charge < -0.3 is 91.2 Å². The average molecular weight is 614 g/mol. The van der Waals surface area contributed by atoms with Crippen molar-refractivity contribution < 1.29 is 83.6 Å². The molecule has 3 saturated heterocycles. The molecule has 0 saturated carbocycles. The molecule has 20 nitrogen and oxygen atoms in total. The summed E-state index contributed by atoms with van der Waals surface area (Å²) in [6, 6.07) is -4.67. The van der Waals surface area contributed by atoms with Crippen LogP contribution < -0.4 is 17.2 Å². The molecule has 4 heterocycles. The number of rotatable bonds is 7. The number of carbonyl (C=O) groups excluding carboxylic acids is 2. The summed E-state index contributed by atoms with van der Waals surface area (Å²) in [5.74, 6) is -8.82. The van der Waals surface area contributed by atoms with E-state index in [2.05, 4.69) is 0 Å². The lowest BCUT2D eigenvalue weighted by atomic mass is 9.89. The molecule has 14 N–H and O–H groups in total. The van der Waals surface area contributed by atoms with Gasteiger partial charge in [-0.2, -0.15) is 0 Å². The third kappa shape index (κ3) is 5.66. The summed E-state index contributed by atoms with van der Waals surface area (Å²) in [6.07, 6.45) is -15.5. The Morgan fingerprint density at radius 3 is 1.86 bits per heavy atom. The predicted octanol–water partition coefficient (Wildman–Crippen LogP) is -8.36. The van der Waals surface area contributed by atoms with Gasteiger partial charge in [-0.15, -0.1) is 0 Å². The van der Waals surface area contributed by atoms with Gasteiger partial charge in [0.25, 0.3) is 0 Å². The Labute approximate surface area is 236 Å². The van der Waals surface area contributed by atoms with Crippen LogP contribution in [0, 0.1) is 0 Å². The lowest BCUT2D eigenvalue weighted by Crippen LogP contribution is -2.79. The number of nitrogens with two attached hydrogens (primary N) is 3. The van der Waals surface area contributed by atoms with Crippen LogP contribution in [-0.4, -0.2) is 164 Å². The maximum Gasteiger partial charge on any atom is 0.333 e. The van der Waals surface area contributed by atoms with E-state index in [1.807, 2.05) is 0 Å². The van der Waals surface area contributed by atoms with Crippen LogP contribution in [-0.2, 0) is 42.7 Å². The molecule has 15 atom stereocenters. The van der Waals surface area contributed by atoms with Crippen molar-refractivity contribution in [3.8, 4) is 0 Å². The van der Waals surface area contributed by atoms with Crippen LogP contribution >= 0.6 is 0 Å². The van der Waals surface area contributed by atoms with Crippen molar-refractivity contribution in [3.05, 3.63) is 12.2 Å². The van der Waals surface area contributed by atoms with Gasteiger partial charge in [0, 0.05) is 12.2 Å². The first-order valence-corrected chi connectivity index (χ1v) is 12.7. The van der Waals surface area contributed by atoms with Gasteiger partial charge in [-0.05, 0) is 0 Å². The molecule has 0 aromatic rings. The second-order valence-electron chi connectivity index (χ2n) is 10.1. The highest BCUT2D eigenvalue weighted by molar-refractivity contribution is 5.92. The molecule has 0 bridgehead atoms. The van der Waals surface area contributed by atoms with Gasteiger partial charge in [-0.3, -0.25) is 0 Å². The van der Waals surface area contributed by atoms with Crippen molar-refractivity contribution in [1.29, 1.82) is 0 Å². The van der Waals surface area contributed by atoms with Gasteiger partial charge in [0.05, 0.1) is 31.3 Å². The molecule has 0 radical (unpaired) electrons. The average Bonchev–Trinajstić information content (AvgIpc) is 2.96. The van der Waals surface area contributed by atoms with E-state index in [0.29, 0.717) is 12.2 Å². The minimum absolute atomic E-state index is 0.584. The number of hydrogen-bond acceptors (Lipinski definition) is 20. The van der Waals surface area contributed by atoms with Crippen LogP contribution in [0.25, 0.3) is 0 Å². The highest BCUT2D eigenvalue weighted by atomic mass is 16.8. The van der Waals surface area contributed by atoms with Crippen molar-refractivity contribution in [2.75, 3.05) is 19.8 Å². The first-order valence-electron chi connectivity index (χ1n) is 12.7. The van der Waals surface area contributed by atoms with E-state index in [9.17, 15) is 50.4 Å². The van der Waals surface area contributed by atoms with Crippen LogP contribution in [0.2, 0.25) is 0 Å². The zero-order valence-electron chi connectivity index (χ0n) is 21.8. The van der Waals surface area contributed by atoms with Crippen LogP contribution in [0.5, 0.6) is 0 Å². The summed E-state index contributed by atoms with van der Waals surface area (Å²) in [7, 11) is 0. The smallest absolute Gasteiger partial charge is 0.333 e. The summed E-state index contributed by atoms with van der Waals surface area (Å²) in [5, 5.41) is 82.8. The number of ether oxygens (including phenoxy) is 7. The Morgan fingerprint density at radius 1 is 0.762 bits per heavy atom. The Hall–Kier alpha value is -1.96. The van der Waals surface area contributed by atoms with Gasteiger partial charge in [-0.25, -0.2) is 9.59 Å². The molecule has 2 unspecified atom stereocenters. The van der Waals surface area contributed by atoms with E-state index < -0.39 is 123 Å². The van der Waals surface area contributed by atoms with Gasteiger partial charge in [-0.1, -0.05) is 0 Å². The highest BCUT2D eigenvalue weighted by Gasteiger charge is 2.70. The second kappa shape index (κ2) is 12.6. The molecule has 0 aromatic carbocycles. The second-order valence-corrected chi connectivity index (χ2v) is 10.1. The van der Waals surface area contributed by atoms with Crippen molar-refractivity contribution in [1.82, 2.24) is 0 Å². The molecule has 0 aliphatic carbocycles. The van der Waals surface area contributed by atoms with Crippen molar-refractivity contribution in [3.63, 3.8) is 0 Å². The van der Waals surface area contributed by atoms with Crippen LogP contribution in [0.3, 0.4) is 0 Å². The molecule has 42 heavy (non-hydrogen) atoms. The number of hydrogen-bond donors (Lipinski definition) is 11. The van der Waals surface area contributed by atoms with E-state index in [4.69, 9.17) is 50.4 Å². The first kappa shape index (κ1) is 32.9. The molecule has 4 rings (SSSR count). The Morgan fingerprint density at radius 2 is 1.29 bits per heavy atom. The molecular weight excluding hydrogens is 578 g/mol. The fourth-order valence-electron chi connectivity index (χ4n) is 5.00. The number of carbonyl (C=O) groups is 2. The maximum atomic E-state index is 12.2. The summed E-state index contributed by atoms with van der Waals surface area (Å²) in [5.41, 5.74) is 17.8. The molecular formula is C22H35N3O17. The zero-order chi connectivity index (χ0) is 31.1. The normalized spacial score (nSPS) is 50.6. The number of aliphatic hydroxyl groups is 8. The fraction of sp³-hybridized carbons (Fsp3) is 0.818. The number of esters is 2.